The van der Waals surface area contributed by atoms with Crippen molar-refractivity contribution in [3.8, 4) is 17.2 Å². The Morgan fingerprint density at radius 2 is 1.81 bits per heavy atom. The maximum absolute atomic E-state index is 11.9. The van der Waals surface area contributed by atoms with Gasteiger partial charge >= 0.3 is 6.09 Å². The number of amides is 1. The Labute approximate surface area is 185 Å². The van der Waals surface area contributed by atoms with Gasteiger partial charge in [0.15, 0.2) is 17.5 Å². The first kappa shape index (κ1) is 24.4. The van der Waals surface area contributed by atoms with E-state index in [0.717, 1.165) is 30.9 Å². The summed E-state index contributed by atoms with van der Waals surface area (Å²) in [5.41, 5.74) is 1.00. The normalized spacial score (nSPS) is 14.7. The highest BCUT2D eigenvalue weighted by molar-refractivity contribution is 5.80. The zero-order valence-electron chi connectivity index (χ0n) is 19.3. The number of methoxy groups -OCH3 is 3. The van der Waals surface area contributed by atoms with Gasteiger partial charge in [0.25, 0.3) is 0 Å². The van der Waals surface area contributed by atoms with Gasteiger partial charge in [-0.1, -0.05) is 6.07 Å². The molecular formula is C22H36N4O5. The van der Waals surface area contributed by atoms with E-state index in [1.165, 1.54) is 0 Å². The van der Waals surface area contributed by atoms with E-state index in [-0.39, 0.29) is 12.1 Å². The molecule has 0 saturated carbocycles. The van der Waals surface area contributed by atoms with Crippen LogP contribution in [0.15, 0.2) is 17.1 Å². The lowest BCUT2D eigenvalue weighted by Gasteiger charge is -2.32. The number of nitrogens with one attached hydrogen (secondary N) is 2. The minimum atomic E-state index is -0.231. The number of aliphatic imine (C=N–C) groups is 1. The molecule has 0 aromatic heterocycles. The van der Waals surface area contributed by atoms with Gasteiger partial charge in [-0.15, -0.1) is 0 Å². The van der Waals surface area contributed by atoms with Crippen molar-refractivity contribution in [2.45, 2.75) is 39.2 Å². The van der Waals surface area contributed by atoms with Crippen LogP contribution in [0.25, 0.3) is 0 Å². The first-order valence-corrected chi connectivity index (χ1v) is 10.8. The molecule has 1 aromatic carbocycles. The number of guanidine groups is 1. The van der Waals surface area contributed by atoms with Crippen molar-refractivity contribution in [1.82, 2.24) is 15.5 Å². The topological polar surface area (TPSA) is 93.7 Å². The van der Waals surface area contributed by atoms with Crippen LogP contribution in [-0.2, 0) is 11.2 Å². The molecule has 0 spiro atoms. The van der Waals surface area contributed by atoms with Gasteiger partial charge in [0.05, 0.1) is 27.9 Å². The van der Waals surface area contributed by atoms with Crippen molar-refractivity contribution >= 4 is 12.1 Å². The molecule has 0 aliphatic carbocycles. The maximum atomic E-state index is 11.9. The van der Waals surface area contributed by atoms with Gasteiger partial charge in [-0.2, -0.15) is 0 Å². The lowest BCUT2D eigenvalue weighted by atomic mass is 10.1. The number of benzene rings is 1. The van der Waals surface area contributed by atoms with Crippen LogP contribution in [0.4, 0.5) is 4.79 Å². The van der Waals surface area contributed by atoms with Crippen LogP contribution in [0.5, 0.6) is 17.2 Å². The molecule has 9 heteroatoms. The second-order valence-electron chi connectivity index (χ2n) is 7.11. The fraction of sp³-hybridized carbons (Fsp3) is 0.636. The van der Waals surface area contributed by atoms with E-state index < -0.39 is 0 Å². The van der Waals surface area contributed by atoms with Crippen LogP contribution < -0.4 is 24.8 Å². The Hall–Kier alpha value is -2.84. The molecule has 31 heavy (non-hydrogen) atoms. The van der Waals surface area contributed by atoms with Crippen LogP contribution >= 0.6 is 0 Å². The average molecular weight is 437 g/mol. The molecule has 174 valence electrons. The molecule has 1 heterocycles. The van der Waals surface area contributed by atoms with Crippen molar-refractivity contribution in [1.29, 1.82) is 0 Å². The molecule has 1 aliphatic heterocycles. The van der Waals surface area contributed by atoms with Crippen LogP contribution in [0, 0.1) is 0 Å². The summed E-state index contributed by atoms with van der Waals surface area (Å²) in [5.74, 6) is 2.67. The Balaban J connectivity index is 1.96. The Kier molecular flexibility index (Phi) is 10.1. The molecular weight excluding hydrogens is 400 g/mol. The highest BCUT2D eigenvalue weighted by Gasteiger charge is 2.24. The Morgan fingerprint density at radius 3 is 2.39 bits per heavy atom. The Bertz CT molecular complexity index is 733. The number of nitrogens with zero attached hydrogens (tertiary/aromatic N) is 2. The molecule has 1 fully saturated rings. The van der Waals surface area contributed by atoms with E-state index in [9.17, 15) is 4.79 Å². The van der Waals surface area contributed by atoms with Crippen molar-refractivity contribution in [3.05, 3.63) is 17.7 Å². The van der Waals surface area contributed by atoms with E-state index in [1.54, 1.807) is 26.2 Å². The van der Waals surface area contributed by atoms with Gasteiger partial charge in [0, 0.05) is 37.8 Å². The molecule has 0 radical (unpaired) electrons. The van der Waals surface area contributed by atoms with Crippen molar-refractivity contribution in [2.75, 3.05) is 54.1 Å². The number of hydrogen-bond donors (Lipinski definition) is 2. The van der Waals surface area contributed by atoms with Crippen LogP contribution in [0.2, 0.25) is 0 Å². The van der Waals surface area contributed by atoms with Gasteiger partial charge in [0.1, 0.15) is 0 Å². The fourth-order valence-electron chi connectivity index (χ4n) is 3.58. The molecule has 0 atom stereocenters. The Morgan fingerprint density at radius 1 is 1.10 bits per heavy atom. The third-order valence-corrected chi connectivity index (χ3v) is 5.14. The summed E-state index contributed by atoms with van der Waals surface area (Å²) in [6.07, 6.45) is 2.17. The predicted molar refractivity (Wildman–Crippen MR) is 121 cm³/mol. The number of hydrogen-bond acceptors (Lipinski definition) is 6. The summed E-state index contributed by atoms with van der Waals surface area (Å²) in [6.45, 7) is 6.98. The predicted octanol–water partition coefficient (Wildman–Crippen LogP) is 2.43. The number of piperidine rings is 1. The SMILES string of the molecule is CCNC(=NCCc1ccc(OC)c(OC)c1OC)NC1CCN(C(=O)OCC)CC1. The van der Waals surface area contributed by atoms with Gasteiger partial charge in [-0.25, -0.2) is 4.79 Å². The monoisotopic (exact) mass is 436 g/mol. The summed E-state index contributed by atoms with van der Waals surface area (Å²) < 4.78 is 21.4. The summed E-state index contributed by atoms with van der Waals surface area (Å²) in [6, 6.07) is 4.11. The average Bonchev–Trinajstić information content (AvgIpc) is 2.79. The largest absolute Gasteiger partial charge is 0.493 e. The molecule has 1 saturated heterocycles. The number of likely N-dealkylation sites (tertiary alicyclic amines) is 1. The number of rotatable bonds is 9. The molecule has 2 N–H and O–H groups in total. The first-order valence-electron chi connectivity index (χ1n) is 10.8. The third-order valence-electron chi connectivity index (χ3n) is 5.14. The first-order chi connectivity index (χ1) is 15.1. The third kappa shape index (κ3) is 6.83. The molecule has 1 aromatic rings. The molecule has 0 bridgehead atoms. The summed E-state index contributed by atoms with van der Waals surface area (Å²) in [7, 11) is 4.83. The van der Waals surface area contributed by atoms with Gasteiger partial charge in [-0.3, -0.25) is 4.99 Å². The molecule has 2 rings (SSSR count). The summed E-state index contributed by atoms with van der Waals surface area (Å²) >= 11 is 0. The number of ether oxygens (including phenoxy) is 4. The second-order valence-corrected chi connectivity index (χ2v) is 7.11. The summed E-state index contributed by atoms with van der Waals surface area (Å²) in [4.78, 5) is 18.3. The minimum Gasteiger partial charge on any atom is -0.493 e. The van der Waals surface area contributed by atoms with Crippen LogP contribution in [0.3, 0.4) is 0 Å². The van der Waals surface area contributed by atoms with E-state index in [4.69, 9.17) is 23.9 Å². The fourth-order valence-corrected chi connectivity index (χ4v) is 3.58. The van der Waals surface area contributed by atoms with Gasteiger partial charge in [0.2, 0.25) is 5.75 Å². The number of carbonyl (C=O) groups excluding carboxylic acids is 1. The zero-order chi connectivity index (χ0) is 22.6. The minimum absolute atomic E-state index is 0.231. The quantitative estimate of drug-likeness (QED) is 0.454. The van der Waals surface area contributed by atoms with E-state index in [2.05, 4.69) is 10.6 Å². The molecule has 0 unspecified atom stereocenters. The van der Waals surface area contributed by atoms with Gasteiger partial charge in [-0.05, 0) is 39.2 Å². The van der Waals surface area contributed by atoms with Crippen LogP contribution in [0.1, 0.15) is 32.3 Å². The lowest BCUT2D eigenvalue weighted by molar-refractivity contribution is 0.0963. The molecule has 1 aliphatic rings. The van der Waals surface area contributed by atoms with E-state index in [1.807, 2.05) is 26.0 Å². The van der Waals surface area contributed by atoms with Gasteiger partial charge < -0.3 is 34.5 Å². The highest BCUT2D eigenvalue weighted by Crippen LogP contribution is 2.39. The van der Waals surface area contributed by atoms with Crippen molar-refractivity contribution < 1.29 is 23.7 Å². The molecule has 9 nitrogen and oxygen atoms in total. The van der Waals surface area contributed by atoms with E-state index >= 15 is 0 Å². The van der Waals surface area contributed by atoms with Crippen molar-refractivity contribution in [3.63, 3.8) is 0 Å². The molecule has 1 amide bonds. The second kappa shape index (κ2) is 12.8. The smallest absolute Gasteiger partial charge is 0.409 e. The lowest BCUT2D eigenvalue weighted by Crippen LogP contribution is -2.50. The zero-order valence-corrected chi connectivity index (χ0v) is 19.3. The van der Waals surface area contributed by atoms with Crippen molar-refractivity contribution in [2.24, 2.45) is 4.99 Å². The van der Waals surface area contributed by atoms with Crippen LogP contribution in [-0.4, -0.2) is 77.1 Å². The summed E-state index contributed by atoms with van der Waals surface area (Å²) in [5, 5.41) is 6.79. The maximum Gasteiger partial charge on any atom is 0.409 e. The van der Waals surface area contributed by atoms with E-state index in [0.29, 0.717) is 49.9 Å². The standard InChI is InChI=1S/C22H36N4O5/c1-6-23-21(25-17-11-14-26(15-12-17)22(27)31-7-2)24-13-10-16-8-9-18(28-3)20(30-5)19(16)29-4/h8-9,17H,6-7,10-15H2,1-5H3,(H2,23,24,25). The number of carbonyl (C=O) groups is 1. The highest BCUT2D eigenvalue weighted by atomic mass is 16.6.